The Bertz CT molecular complexity index is 2350. The van der Waals surface area contributed by atoms with Crippen LogP contribution in [0.25, 0.3) is 21.6 Å². The van der Waals surface area contributed by atoms with E-state index in [4.69, 9.17) is 35.8 Å². The molecule has 6 atom stereocenters. The van der Waals surface area contributed by atoms with Gasteiger partial charge in [0.15, 0.2) is 0 Å². The number of morpholine rings is 1. The van der Waals surface area contributed by atoms with Gasteiger partial charge in [-0.15, -0.1) is 11.3 Å². The predicted octanol–water partition coefficient (Wildman–Crippen LogP) is 4.34. The number of hydrogen-bond donors (Lipinski definition) is 2. The van der Waals surface area contributed by atoms with Crippen LogP contribution in [0.15, 0.2) is 23.6 Å². The zero-order valence-electron chi connectivity index (χ0n) is 36.0. The SMILES string of the molecule is CC[C@@H]1C[C@]1(NC(=O)[C@@H]1C[C@@H](Oc2cc(-c3nc(C(C)C)cs3)nc3c(Cl)c(OCCN4CCOCC4)ccc23)[C@H]2CN(C(C)=O)[C@H](C(C)C)C(=O)N21)C(=O)NS(=O)(=O)C1CC1. The second kappa shape index (κ2) is 17.5. The fourth-order valence-corrected chi connectivity index (χ4v) is 11.7. The Balaban J connectivity index is 1.14. The molecule has 0 spiro atoms. The van der Waals surface area contributed by atoms with Gasteiger partial charge in [-0.3, -0.25) is 28.8 Å². The molecule has 5 heterocycles. The van der Waals surface area contributed by atoms with E-state index in [1.165, 1.54) is 23.2 Å². The lowest BCUT2D eigenvalue weighted by atomic mass is 9.95. The number of fused-ring (bicyclic) bond motifs is 2. The highest BCUT2D eigenvalue weighted by atomic mass is 35.5. The van der Waals surface area contributed by atoms with Gasteiger partial charge in [0.05, 0.1) is 35.7 Å². The van der Waals surface area contributed by atoms with Crippen molar-refractivity contribution in [3.8, 4) is 22.2 Å². The average molecular weight is 915 g/mol. The Morgan fingerprint density at radius 2 is 1.84 bits per heavy atom. The smallest absolute Gasteiger partial charge is 0.259 e. The topological polar surface area (TPSA) is 190 Å². The maximum atomic E-state index is 14.6. The molecule has 5 aliphatic rings. The highest BCUT2D eigenvalue weighted by Gasteiger charge is 2.63. The molecule has 336 valence electrons. The number of carbonyl (C=O) groups excluding carboxylic acids is 4. The molecule has 5 fully saturated rings. The monoisotopic (exact) mass is 913 g/mol. The molecule has 3 saturated heterocycles. The molecule has 0 bridgehead atoms. The number of nitrogens with one attached hydrogen (secondary N) is 2. The summed E-state index contributed by atoms with van der Waals surface area (Å²) in [5, 5.41) is 5.81. The summed E-state index contributed by atoms with van der Waals surface area (Å²) in [6.45, 7) is 15.3. The molecule has 62 heavy (non-hydrogen) atoms. The van der Waals surface area contributed by atoms with Gasteiger partial charge in [0.1, 0.15) is 57.6 Å². The Hall–Kier alpha value is -4.10. The number of rotatable bonds is 15. The lowest BCUT2D eigenvalue weighted by Gasteiger charge is -2.46. The lowest BCUT2D eigenvalue weighted by Crippen LogP contribution is -2.67. The minimum atomic E-state index is -3.88. The summed E-state index contributed by atoms with van der Waals surface area (Å²) < 4.78 is 46.6. The molecular formula is C43H56ClN7O9S2. The first kappa shape index (κ1) is 44.5. The van der Waals surface area contributed by atoms with Crippen molar-refractivity contribution >= 4 is 67.5 Å². The van der Waals surface area contributed by atoms with Crippen molar-refractivity contribution in [1.82, 2.24) is 34.7 Å². The second-order valence-electron chi connectivity index (χ2n) is 17.8. The Labute approximate surface area is 371 Å². The molecule has 2 aromatic heterocycles. The number of pyridine rings is 1. The van der Waals surface area contributed by atoms with Crippen LogP contribution in [0.4, 0.5) is 0 Å². The molecule has 8 rings (SSSR count). The fourth-order valence-electron chi connectivity index (χ4n) is 9.12. The van der Waals surface area contributed by atoms with Crippen molar-refractivity contribution in [2.45, 2.75) is 115 Å². The summed E-state index contributed by atoms with van der Waals surface area (Å²) in [6, 6.07) is 2.71. The van der Waals surface area contributed by atoms with Gasteiger partial charge in [-0.25, -0.2) is 18.4 Å². The number of thiazole rings is 1. The summed E-state index contributed by atoms with van der Waals surface area (Å²) >= 11 is 8.57. The van der Waals surface area contributed by atoms with Gasteiger partial charge >= 0.3 is 0 Å². The molecule has 19 heteroatoms. The first-order chi connectivity index (χ1) is 29.5. The van der Waals surface area contributed by atoms with Crippen LogP contribution in [-0.2, 0) is 33.9 Å². The van der Waals surface area contributed by atoms with E-state index >= 15 is 0 Å². The molecule has 2 N–H and O–H groups in total. The minimum absolute atomic E-state index is 0.0258. The number of benzene rings is 1. The first-order valence-electron chi connectivity index (χ1n) is 21.7. The average Bonchev–Trinajstić information content (AvgIpc) is 4.13. The van der Waals surface area contributed by atoms with Crippen molar-refractivity contribution in [2.75, 3.05) is 46.0 Å². The third-order valence-corrected chi connectivity index (χ3v) is 16.0. The van der Waals surface area contributed by atoms with Crippen LogP contribution >= 0.6 is 22.9 Å². The fraction of sp³-hybridized carbons (Fsp3) is 0.628. The van der Waals surface area contributed by atoms with Gasteiger partial charge in [0, 0.05) is 56.4 Å². The highest BCUT2D eigenvalue weighted by Crippen LogP contribution is 2.48. The standard InChI is InChI=1S/C43H56ClN7O9S2/c1-7-26-20-43(26,42(55)48-62(56,57)27-8-9-27)47-39(53)31-19-35(32-21-50(25(6)52)38(24(4)5)41(54)51(31)32)60-34-18-29(40-46-30(22-61-40)23(2)3)45-37-28(34)10-11-33(36(37)44)59-17-14-49-12-15-58-16-13-49/h10-11,18,22-24,26-27,31-32,35,38H,7-9,12-17,19-21H2,1-6H3,(H,47,53)(H,48,55)/t26-,31+,32-,35-,38-,43-/m1/s1. The summed E-state index contributed by atoms with van der Waals surface area (Å²) in [7, 11) is -3.88. The van der Waals surface area contributed by atoms with Crippen LogP contribution in [0.1, 0.15) is 85.3 Å². The Morgan fingerprint density at radius 3 is 2.47 bits per heavy atom. The van der Waals surface area contributed by atoms with E-state index < -0.39 is 62.8 Å². The third kappa shape index (κ3) is 8.61. The minimum Gasteiger partial charge on any atom is -0.491 e. The van der Waals surface area contributed by atoms with Gasteiger partial charge in [0.2, 0.25) is 27.7 Å². The van der Waals surface area contributed by atoms with Crippen LogP contribution in [0.3, 0.4) is 0 Å². The quantitative estimate of drug-likeness (QED) is 0.220. The maximum Gasteiger partial charge on any atom is 0.259 e. The largest absolute Gasteiger partial charge is 0.491 e. The van der Waals surface area contributed by atoms with E-state index in [2.05, 4.69) is 28.8 Å². The van der Waals surface area contributed by atoms with Crippen LogP contribution in [0.2, 0.25) is 5.02 Å². The zero-order valence-corrected chi connectivity index (χ0v) is 38.4. The molecule has 16 nitrogen and oxygen atoms in total. The number of halogens is 1. The van der Waals surface area contributed by atoms with Crippen LogP contribution in [-0.4, -0.2) is 138 Å². The normalized spacial score (nSPS) is 26.5. The lowest BCUT2D eigenvalue weighted by molar-refractivity contribution is -0.159. The van der Waals surface area contributed by atoms with Crippen molar-refractivity contribution in [1.29, 1.82) is 0 Å². The number of sulfonamides is 1. The number of ether oxygens (including phenoxy) is 3. The number of nitrogens with zero attached hydrogens (tertiary/aromatic N) is 5. The van der Waals surface area contributed by atoms with Crippen LogP contribution < -0.4 is 19.5 Å². The van der Waals surface area contributed by atoms with Crippen molar-refractivity contribution in [2.24, 2.45) is 11.8 Å². The molecule has 4 amide bonds. The summed E-state index contributed by atoms with van der Waals surface area (Å²) in [6.07, 6.45) is 0.957. The number of amides is 4. The van der Waals surface area contributed by atoms with Gasteiger partial charge in [0.25, 0.3) is 5.91 Å². The molecule has 1 aromatic carbocycles. The predicted molar refractivity (Wildman–Crippen MR) is 234 cm³/mol. The molecule has 2 saturated carbocycles. The molecule has 0 radical (unpaired) electrons. The van der Waals surface area contributed by atoms with Gasteiger partial charge < -0.3 is 29.3 Å². The van der Waals surface area contributed by atoms with Crippen molar-refractivity contribution in [3.63, 3.8) is 0 Å². The van der Waals surface area contributed by atoms with Crippen LogP contribution in [0.5, 0.6) is 11.5 Å². The number of piperazine rings is 1. The van der Waals surface area contributed by atoms with Crippen molar-refractivity contribution < 1.29 is 41.8 Å². The van der Waals surface area contributed by atoms with Crippen molar-refractivity contribution in [3.05, 3.63) is 34.3 Å². The molecular weight excluding hydrogens is 858 g/mol. The number of aromatic nitrogens is 2. The number of hydrogen-bond acceptors (Lipinski definition) is 13. The number of carbonyl (C=O) groups is 4. The molecule has 3 aliphatic heterocycles. The highest BCUT2D eigenvalue weighted by molar-refractivity contribution is 7.91. The third-order valence-electron chi connectivity index (χ3n) is 12.9. The Kier molecular flexibility index (Phi) is 12.5. The zero-order chi connectivity index (χ0) is 44.2. The van der Waals surface area contributed by atoms with E-state index in [0.29, 0.717) is 83.8 Å². The van der Waals surface area contributed by atoms with Gasteiger partial charge in [-0.05, 0) is 49.1 Å². The van der Waals surface area contributed by atoms with Gasteiger partial charge in [-0.2, -0.15) is 0 Å². The van der Waals surface area contributed by atoms with E-state index in [0.717, 1.165) is 18.8 Å². The van der Waals surface area contributed by atoms with E-state index in [-0.39, 0.29) is 43.0 Å². The second-order valence-corrected chi connectivity index (χ2v) is 21.0. The molecule has 3 aromatic rings. The molecule has 2 aliphatic carbocycles. The van der Waals surface area contributed by atoms with E-state index in [1.807, 2.05) is 32.2 Å². The van der Waals surface area contributed by atoms with E-state index in [1.54, 1.807) is 17.0 Å². The maximum absolute atomic E-state index is 14.6. The summed E-state index contributed by atoms with van der Waals surface area (Å²) in [4.78, 5) is 71.4. The summed E-state index contributed by atoms with van der Waals surface area (Å²) in [5.41, 5.74) is 0.399. The molecule has 0 unspecified atom stereocenters. The van der Waals surface area contributed by atoms with Crippen LogP contribution in [0, 0.1) is 11.8 Å². The van der Waals surface area contributed by atoms with Gasteiger partial charge in [-0.1, -0.05) is 52.6 Å². The summed E-state index contributed by atoms with van der Waals surface area (Å²) in [5.74, 6) is -1.58. The van der Waals surface area contributed by atoms with E-state index in [9.17, 15) is 27.6 Å². The Morgan fingerprint density at radius 1 is 1.10 bits per heavy atom. The first-order valence-corrected chi connectivity index (χ1v) is 24.5.